The zero-order chi connectivity index (χ0) is 16.9. The maximum Gasteiger partial charge on any atom is 0.272 e. The summed E-state index contributed by atoms with van der Waals surface area (Å²) < 4.78 is 8.43. The number of hydrogen-bond donors (Lipinski definition) is 1. The molecule has 1 unspecified atom stereocenters. The van der Waals surface area contributed by atoms with E-state index in [0.717, 1.165) is 10.0 Å². The maximum atomic E-state index is 12.7. The second-order valence-corrected chi connectivity index (χ2v) is 6.04. The number of nitrogens with zero attached hydrogens (tertiary/aromatic N) is 3. The fraction of sp³-hybridized carbons (Fsp3) is 0.118. The van der Waals surface area contributed by atoms with Gasteiger partial charge in [-0.2, -0.15) is 0 Å². The van der Waals surface area contributed by atoms with E-state index in [1.165, 1.54) is 6.33 Å². The van der Waals surface area contributed by atoms with E-state index < -0.39 is 6.10 Å². The van der Waals surface area contributed by atoms with E-state index >= 15 is 0 Å². The number of anilines is 1. The Kier molecular flexibility index (Phi) is 4.90. The molecule has 122 valence electrons. The number of aryl methyl sites for hydroxylation is 1. The molecule has 1 N–H and O–H groups in total. The standard InChI is InChI=1S/C17H15BrN4O2/c1-22-11-19-21-17(22)20-16(23)15(12-6-3-2-4-7-12)24-14-9-5-8-13(18)10-14/h2-11,15H,1H3,(H,20,21,23). The van der Waals surface area contributed by atoms with Crippen molar-refractivity contribution in [3.63, 3.8) is 0 Å². The van der Waals surface area contributed by atoms with Crippen molar-refractivity contribution in [3.8, 4) is 5.75 Å². The molecule has 0 aliphatic heterocycles. The molecule has 24 heavy (non-hydrogen) atoms. The van der Waals surface area contributed by atoms with Crippen molar-refractivity contribution in [1.82, 2.24) is 14.8 Å². The molecular formula is C17H15BrN4O2. The fourth-order valence-corrected chi connectivity index (χ4v) is 2.53. The van der Waals surface area contributed by atoms with Crippen molar-refractivity contribution >= 4 is 27.8 Å². The Morgan fingerprint density at radius 1 is 1.21 bits per heavy atom. The molecule has 7 heteroatoms. The average Bonchev–Trinajstić information content (AvgIpc) is 2.98. The molecule has 2 aromatic carbocycles. The second kappa shape index (κ2) is 7.27. The normalized spacial score (nSPS) is 11.8. The van der Waals surface area contributed by atoms with Crippen molar-refractivity contribution in [2.75, 3.05) is 5.32 Å². The smallest absolute Gasteiger partial charge is 0.272 e. The van der Waals surface area contributed by atoms with Gasteiger partial charge in [0.05, 0.1) is 0 Å². The molecular weight excluding hydrogens is 372 g/mol. The Morgan fingerprint density at radius 3 is 2.67 bits per heavy atom. The monoisotopic (exact) mass is 386 g/mol. The number of amides is 1. The molecule has 0 spiro atoms. The summed E-state index contributed by atoms with van der Waals surface area (Å²) in [7, 11) is 1.75. The summed E-state index contributed by atoms with van der Waals surface area (Å²) in [5, 5.41) is 10.4. The maximum absolute atomic E-state index is 12.7. The minimum atomic E-state index is -0.808. The predicted octanol–water partition coefficient (Wildman–Crippen LogP) is 3.34. The number of halogens is 1. The molecule has 0 radical (unpaired) electrons. The first-order valence-corrected chi connectivity index (χ1v) is 8.05. The zero-order valence-corrected chi connectivity index (χ0v) is 14.5. The van der Waals surface area contributed by atoms with Crippen LogP contribution < -0.4 is 10.1 Å². The molecule has 1 heterocycles. The van der Waals surface area contributed by atoms with Gasteiger partial charge in [0.25, 0.3) is 5.91 Å². The lowest BCUT2D eigenvalue weighted by Gasteiger charge is -2.19. The van der Waals surface area contributed by atoms with E-state index in [4.69, 9.17) is 4.74 Å². The van der Waals surface area contributed by atoms with Gasteiger partial charge in [-0.25, -0.2) is 0 Å². The van der Waals surface area contributed by atoms with Crippen molar-refractivity contribution in [2.45, 2.75) is 6.10 Å². The minimum absolute atomic E-state index is 0.322. The predicted molar refractivity (Wildman–Crippen MR) is 93.6 cm³/mol. The summed E-state index contributed by atoms with van der Waals surface area (Å²) in [4.78, 5) is 12.7. The lowest BCUT2D eigenvalue weighted by Crippen LogP contribution is -2.27. The number of carbonyl (C=O) groups is 1. The third kappa shape index (κ3) is 3.80. The highest BCUT2D eigenvalue weighted by atomic mass is 79.9. The number of benzene rings is 2. The van der Waals surface area contributed by atoms with Gasteiger partial charge in [-0.15, -0.1) is 10.2 Å². The van der Waals surface area contributed by atoms with E-state index in [0.29, 0.717) is 11.7 Å². The third-order valence-corrected chi connectivity index (χ3v) is 3.83. The second-order valence-electron chi connectivity index (χ2n) is 5.12. The molecule has 1 atom stereocenters. The first-order chi connectivity index (χ1) is 11.6. The summed E-state index contributed by atoms with van der Waals surface area (Å²) in [5.74, 6) is 0.627. The van der Waals surface area contributed by atoms with E-state index in [2.05, 4.69) is 31.4 Å². The molecule has 3 aromatic rings. The highest BCUT2D eigenvalue weighted by Crippen LogP contribution is 2.25. The number of nitrogens with one attached hydrogen (secondary N) is 1. The topological polar surface area (TPSA) is 69.0 Å². The highest BCUT2D eigenvalue weighted by Gasteiger charge is 2.24. The molecule has 0 saturated heterocycles. The fourth-order valence-electron chi connectivity index (χ4n) is 2.15. The summed E-state index contributed by atoms with van der Waals surface area (Å²) in [6.07, 6.45) is 0.708. The Bertz CT molecular complexity index is 835. The number of rotatable bonds is 5. The van der Waals surface area contributed by atoms with Gasteiger partial charge in [0, 0.05) is 17.1 Å². The van der Waals surface area contributed by atoms with Crippen LogP contribution >= 0.6 is 15.9 Å². The van der Waals surface area contributed by atoms with Gasteiger partial charge in [0.15, 0.2) is 0 Å². The molecule has 0 saturated carbocycles. The molecule has 1 aromatic heterocycles. The molecule has 1 amide bonds. The zero-order valence-electron chi connectivity index (χ0n) is 12.9. The van der Waals surface area contributed by atoms with E-state index in [-0.39, 0.29) is 5.91 Å². The van der Waals surface area contributed by atoms with Gasteiger partial charge < -0.3 is 9.30 Å². The van der Waals surface area contributed by atoms with Gasteiger partial charge in [-0.05, 0) is 18.2 Å². The summed E-state index contributed by atoms with van der Waals surface area (Å²) in [6, 6.07) is 16.7. The van der Waals surface area contributed by atoms with Crippen LogP contribution in [0.5, 0.6) is 5.75 Å². The van der Waals surface area contributed by atoms with Crippen molar-refractivity contribution < 1.29 is 9.53 Å². The average molecular weight is 387 g/mol. The molecule has 0 aliphatic rings. The van der Waals surface area contributed by atoms with Crippen LogP contribution in [-0.2, 0) is 11.8 Å². The van der Waals surface area contributed by atoms with E-state index in [9.17, 15) is 4.79 Å². The summed E-state index contributed by atoms with van der Waals surface area (Å²) >= 11 is 3.40. The summed E-state index contributed by atoms with van der Waals surface area (Å²) in [5.41, 5.74) is 0.747. The van der Waals surface area contributed by atoms with Gasteiger partial charge in [0.2, 0.25) is 12.1 Å². The molecule has 3 rings (SSSR count). The van der Waals surface area contributed by atoms with Crippen LogP contribution in [-0.4, -0.2) is 20.7 Å². The highest BCUT2D eigenvalue weighted by molar-refractivity contribution is 9.10. The van der Waals surface area contributed by atoms with Crippen LogP contribution in [0.25, 0.3) is 0 Å². The van der Waals surface area contributed by atoms with Crippen molar-refractivity contribution in [1.29, 1.82) is 0 Å². The van der Waals surface area contributed by atoms with Gasteiger partial charge in [0.1, 0.15) is 12.1 Å². The van der Waals surface area contributed by atoms with E-state index in [1.807, 2.05) is 48.5 Å². The van der Waals surface area contributed by atoms with Crippen LogP contribution in [0.1, 0.15) is 11.7 Å². The Hall–Kier alpha value is -2.67. The lowest BCUT2D eigenvalue weighted by molar-refractivity contribution is -0.123. The van der Waals surface area contributed by atoms with Crippen LogP contribution in [0.4, 0.5) is 5.95 Å². The van der Waals surface area contributed by atoms with Crippen molar-refractivity contribution in [3.05, 3.63) is 71.0 Å². The molecule has 6 nitrogen and oxygen atoms in total. The molecule has 0 bridgehead atoms. The first-order valence-electron chi connectivity index (χ1n) is 7.25. The third-order valence-electron chi connectivity index (χ3n) is 3.34. The molecule has 0 aliphatic carbocycles. The SMILES string of the molecule is Cn1cnnc1NC(=O)C(Oc1cccc(Br)c1)c1ccccc1. The van der Waals surface area contributed by atoms with E-state index in [1.54, 1.807) is 17.7 Å². The Morgan fingerprint density at radius 2 is 2.00 bits per heavy atom. The van der Waals surface area contributed by atoms with Gasteiger partial charge in [-0.1, -0.05) is 52.3 Å². The number of carbonyl (C=O) groups excluding carboxylic acids is 1. The number of ether oxygens (including phenoxy) is 1. The minimum Gasteiger partial charge on any atom is -0.476 e. The van der Waals surface area contributed by atoms with Gasteiger partial charge in [-0.3, -0.25) is 10.1 Å². The Balaban J connectivity index is 1.87. The quantitative estimate of drug-likeness (QED) is 0.729. The number of hydrogen-bond acceptors (Lipinski definition) is 4. The Labute approximate surface area is 147 Å². The van der Waals surface area contributed by atoms with Crippen LogP contribution in [0.2, 0.25) is 0 Å². The van der Waals surface area contributed by atoms with Crippen LogP contribution in [0, 0.1) is 0 Å². The largest absolute Gasteiger partial charge is 0.476 e. The molecule has 0 fully saturated rings. The van der Waals surface area contributed by atoms with Gasteiger partial charge >= 0.3 is 0 Å². The first kappa shape index (κ1) is 16.2. The van der Waals surface area contributed by atoms with Crippen LogP contribution in [0.3, 0.4) is 0 Å². The number of aromatic nitrogens is 3. The summed E-state index contributed by atoms with van der Waals surface area (Å²) in [6.45, 7) is 0. The van der Waals surface area contributed by atoms with Crippen LogP contribution in [0.15, 0.2) is 65.4 Å². The van der Waals surface area contributed by atoms with Crippen molar-refractivity contribution in [2.24, 2.45) is 7.05 Å². The lowest BCUT2D eigenvalue weighted by atomic mass is 10.1.